The van der Waals surface area contributed by atoms with Gasteiger partial charge < -0.3 is 15.2 Å². The largest absolute Gasteiger partial charge is 0.508 e. The first-order valence-electron chi connectivity index (χ1n) is 9.10. The summed E-state index contributed by atoms with van der Waals surface area (Å²) in [5.74, 6) is 1.16. The van der Waals surface area contributed by atoms with Gasteiger partial charge in [-0.05, 0) is 49.3 Å². The van der Waals surface area contributed by atoms with Gasteiger partial charge in [0.1, 0.15) is 5.75 Å². The van der Waals surface area contributed by atoms with E-state index in [9.17, 15) is 9.90 Å². The van der Waals surface area contributed by atoms with Crippen molar-refractivity contribution in [3.8, 4) is 5.75 Å². The molecule has 1 aromatic carbocycles. The van der Waals surface area contributed by atoms with E-state index in [1.54, 1.807) is 12.1 Å². The number of aryl methyl sites for hydroxylation is 1. The topological polar surface area (TPSA) is 61.8 Å². The first kappa shape index (κ1) is 15.9. The van der Waals surface area contributed by atoms with Crippen molar-refractivity contribution >= 4 is 5.91 Å². The maximum absolute atomic E-state index is 12.2. The molecule has 1 aromatic rings. The second-order valence-corrected chi connectivity index (χ2v) is 7.48. The number of hydrogen-bond donors (Lipinski definition) is 2. The maximum atomic E-state index is 12.2. The third kappa shape index (κ3) is 3.73. The second-order valence-electron chi connectivity index (χ2n) is 7.48. The highest BCUT2D eigenvalue weighted by atomic mass is 16.5. The number of nitrogens with one attached hydrogen (secondary N) is 1. The molecule has 1 aliphatic carbocycles. The van der Waals surface area contributed by atoms with Crippen LogP contribution in [-0.4, -0.2) is 53.8 Å². The van der Waals surface area contributed by atoms with Crippen LogP contribution in [0.2, 0.25) is 0 Å². The highest BCUT2D eigenvalue weighted by molar-refractivity contribution is 5.76. The minimum Gasteiger partial charge on any atom is -0.508 e. The van der Waals surface area contributed by atoms with Gasteiger partial charge >= 0.3 is 0 Å². The van der Waals surface area contributed by atoms with Crippen LogP contribution in [0.1, 0.15) is 31.2 Å². The van der Waals surface area contributed by atoms with E-state index in [0.717, 1.165) is 37.6 Å². The van der Waals surface area contributed by atoms with E-state index in [4.69, 9.17) is 4.74 Å². The molecular formula is C19H26N2O3. The van der Waals surface area contributed by atoms with Gasteiger partial charge in [0.25, 0.3) is 0 Å². The van der Waals surface area contributed by atoms with Gasteiger partial charge in [-0.3, -0.25) is 9.69 Å². The van der Waals surface area contributed by atoms with Gasteiger partial charge in [-0.1, -0.05) is 12.1 Å². The summed E-state index contributed by atoms with van der Waals surface area (Å²) >= 11 is 0. The average Bonchev–Trinajstić information content (AvgIpc) is 3.34. The molecule has 2 N–H and O–H groups in total. The first-order valence-corrected chi connectivity index (χ1v) is 9.10. The fourth-order valence-corrected chi connectivity index (χ4v) is 3.98. The quantitative estimate of drug-likeness (QED) is 0.862. The molecule has 3 atom stereocenters. The van der Waals surface area contributed by atoms with Crippen molar-refractivity contribution in [1.29, 1.82) is 0 Å². The summed E-state index contributed by atoms with van der Waals surface area (Å²) in [4.78, 5) is 14.7. The van der Waals surface area contributed by atoms with Crippen molar-refractivity contribution in [2.45, 2.75) is 50.3 Å². The lowest BCUT2D eigenvalue weighted by Crippen LogP contribution is -2.47. The Morgan fingerprint density at radius 1 is 1.25 bits per heavy atom. The molecule has 5 nitrogen and oxygen atoms in total. The van der Waals surface area contributed by atoms with Gasteiger partial charge in [0.05, 0.1) is 12.7 Å². The van der Waals surface area contributed by atoms with Crippen LogP contribution in [0.15, 0.2) is 24.3 Å². The van der Waals surface area contributed by atoms with E-state index in [1.165, 1.54) is 12.8 Å². The van der Waals surface area contributed by atoms with Gasteiger partial charge in [0, 0.05) is 31.6 Å². The van der Waals surface area contributed by atoms with Crippen molar-refractivity contribution in [3.63, 3.8) is 0 Å². The number of phenols is 1. The van der Waals surface area contributed by atoms with Crippen LogP contribution >= 0.6 is 0 Å². The van der Waals surface area contributed by atoms with Gasteiger partial charge in [-0.2, -0.15) is 0 Å². The maximum Gasteiger partial charge on any atom is 0.220 e. The Bertz CT molecular complexity index is 585. The predicted octanol–water partition coefficient (Wildman–Crippen LogP) is 1.69. The molecule has 2 aliphatic heterocycles. The second kappa shape index (κ2) is 6.73. The number of carbonyl (C=O) groups excluding carboxylic acids is 1. The zero-order valence-corrected chi connectivity index (χ0v) is 14.0. The van der Waals surface area contributed by atoms with Crippen molar-refractivity contribution < 1.29 is 14.6 Å². The Hall–Kier alpha value is -1.59. The van der Waals surface area contributed by atoms with Crippen LogP contribution < -0.4 is 5.32 Å². The number of fused-ring (bicyclic) bond motifs is 1. The molecule has 24 heavy (non-hydrogen) atoms. The molecule has 4 rings (SSSR count). The number of phenolic OH excluding ortho intramolecular Hbond substituents is 1. The van der Waals surface area contributed by atoms with E-state index >= 15 is 0 Å². The molecule has 0 bridgehead atoms. The van der Waals surface area contributed by atoms with E-state index in [2.05, 4.69) is 10.2 Å². The summed E-state index contributed by atoms with van der Waals surface area (Å²) in [6.07, 6.45) is 5.26. The summed E-state index contributed by atoms with van der Waals surface area (Å²) in [6, 6.07) is 7.80. The van der Waals surface area contributed by atoms with Crippen LogP contribution in [0.25, 0.3) is 0 Å². The number of amides is 1. The van der Waals surface area contributed by atoms with Crippen LogP contribution in [0.5, 0.6) is 5.75 Å². The standard InChI is InChI=1S/C19H26N2O3/c22-17-6-1-13(2-7-17)3-8-19(23)20-15-9-16-12-24-18(14-4-5-14)11-21(16)10-15/h1-2,6-7,14-16,18,22H,3-5,8-12H2,(H,20,23)/t15-,16-,18+/m0/s1. The highest BCUT2D eigenvalue weighted by Crippen LogP contribution is 2.37. The molecule has 2 saturated heterocycles. The van der Waals surface area contributed by atoms with Gasteiger partial charge in [-0.15, -0.1) is 0 Å². The molecule has 1 amide bonds. The molecule has 0 spiro atoms. The zero-order chi connectivity index (χ0) is 16.5. The number of carbonyl (C=O) groups is 1. The first-order chi connectivity index (χ1) is 11.7. The zero-order valence-electron chi connectivity index (χ0n) is 14.0. The van der Waals surface area contributed by atoms with Crippen LogP contribution in [0, 0.1) is 5.92 Å². The molecular weight excluding hydrogens is 304 g/mol. The monoisotopic (exact) mass is 330 g/mol. The molecule has 5 heteroatoms. The van der Waals surface area contributed by atoms with Crippen LogP contribution in [-0.2, 0) is 16.0 Å². The average molecular weight is 330 g/mol. The smallest absolute Gasteiger partial charge is 0.220 e. The Labute approximate surface area is 143 Å². The van der Waals surface area contributed by atoms with Gasteiger partial charge in [0.2, 0.25) is 5.91 Å². The number of rotatable bonds is 5. The Balaban J connectivity index is 1.22. The normalized spacial score (nSPS) is 30.1. The van der Waals surface area contributed by atoms with Crippen LogP contribution in [0.4, 0.5) is 0 Å². The number of nitrogens with zero attached hydrogens (tertiary/aromatic N) is 1. The summed E-state index contributed by atoms with van der Waals surface area (Å²) in [6.45, 7) is 2.82. The highest BCUT2D eigenvalue weighted by Gasteiger charge is 2.42. The third-order valence-electron chi connectivity index (χ3n) is 5.54. The van der Waals surface area contributed by atoms with Crippen molar-refractivity contribution in [1.82, 2.24) is 10.2 Å². The molecule has 1 saturated carbocycles. The van der Waals surface area contributed by atoms with E-state index < -0.39 is 0 Å². The Morgan fingerprint density at radius 3 is 2.79 bits per heavy atom. The van der Waals surface area contributed by atoms with E-state index in [0.29, 0.717) is 25.0 Å². The molecule has 3 fully saturated rings. The summed E-state index contributed by atoms with van der Waals surface area (Å²) in [5, 5.41) is 12.5. The summed E-state index contributed by atoms with van der Waals surface area (Å²) < 4.78 is 6.01. The molecule has 3 aliphatic rings. The SMILES string of the molecule is O=C(CCc1ccc(O)cc1)N[C@H]1C[C@H]2CO[C@@H](C3CC3)CN2C1. The lowest BCUT2D eigenvalue weighted by atomic mass is 10.1. The number of benzene rings is 1. The minimum atomic E-state index is 0.118. The molecule has 0 radical (unpaired) electrons. The summed E-state index contributed by atoms with van der Waals surface area (Å²) in [7, 11) is 0. The van der Waals surface area contributed by atoms with Crippen molar-refractivity contribution in [2.24, 2.45) is 5.92 Å². The predicted molar refractivity (Wildman–Crippen MR) is 90.8 cm³/mol. The third-order valence-corrected chi connectivity index (χ3v) is 5.54. The van der Waals surface area contributed by atoms with E-state index in [1.807, 2.05) is 12.1 Å². The molecule has 130 valence electrons. The fourth-order valence-electron chi connectivity index (χ4n) is 3.98. The van der Waals surface area contributed by atoms with Gasteiger partial charge in [0.15, 0.2) is 0 Å². The lowest BCUT2D eigenvalue weighted by molar-refractivity contribution is -0.121. The molecule has 0 aromatic heterocycles. The fraction of sp³-hybridized carbons (Fsp3) is 0.632. The number of hydrogen-bond acceptors (Lipinski definition) is 4. The number of morpholine rings is 1. The Morgan fingerprint density at radius 2 is 2.04 bits per heavy atom. The minimum absolute atomic E-state index is 0.118. The molecule has 0 unspecified atom stereocenters. The number of ether oxygens (including phenoxy) is 1. The van der Waals surface area contributed by atoms with Gasteiger partial charge in [-0.25, -0.2) is 0 Å². The van der Waals surface area contributed by atoms with E-state index in [-0.39, 0.29) is 17.7 Å². The number of aromatic hydroxyl groups is 1. The van der Waals surface area contributed by atoms with Crippen molar-refractivity contribution in [2.75, 3.05) is 19.7 Å². The Kier molecular flexibility index (Phi) is 4.46. The van der Waals surface area contributed by atoms with Crippen LogP contribution in [0.3, 0.4) is 0 Å². The lowest BCUT2D eigenvalue weighted by Gasteiger charge is -2.35. The summed E-state index contributed by atoms with van der Waals surface area (Å²) in [5.41, 5.74) is 1.08. The van der Waals surface area contributed by atoms with Crippen molar-refractivity contribution in [3.05, 3.63) is 29.8 Å². The molecule has 2 heterocycles.